The molecule has 0 radical (unpaired) electrons. The lowest BCUT2D eigenvalue weighted by Crippen LogP contribution is -2.06. The van der Waals surface area contributed by atoms with E-state index in [0.717, 1.165) is 16.6 Å². The summed E-state index contributed by atoms with van der Waals surface area (Å²) in [6, 6.07) is 17.1. The van der Waals surface area contributed by atoms with E-state index in [1.807, 2.05) is 47.9 Å². The molecule has 3 aromatic rings. The number of rotatable bonds is 2. The number of nitrogens with zero attached hydrogens (tertiary/aromatic N) is 1. The molecule has 0 aliphatic heterocycles. The zero-order valence-corrected chi connectivity index (χ0v) is 10.5. The number of carbonyl (C=O) groups is 1. The second-order valence-corrected chi connectivity index (χ2v) is 4.50. The lowest BCUT2D eigenvalue weighted by Gasteiger charge is -2.11. The number of fused-ring (bicyclic) bond motifs is 1. The molecule has 0 fully saturated rings. The Bertz CT molecular complexity index is 771. The number of carboxylic acid groups (broad SMARTS) is 1. The van der Waals surface area contributed by atoms with E-state index in [2.05, 4.69) is 6.07 Å². The Hall–Kier alpha value is -2.55. The summed E-state index contributed by atoms with van der Waals surface area (Å²) in [7, 11) is 0. The molecular weight excluding hydrogens is 238 g/mol. The van der Waals surface area contributed by atoms with Gasteiger partial charge in [-0.25, -0.2) is 4.79 Å². The van der Waals surface area contributed by atoms with Gasteiger partial charge in [0.05, 0.1) is 16.8 Å². The number of aromatic nitrogens is 1. The number of hydrogen-bond donors (Lipinski definition) is 1. The van der Waals surface area contributed by atoms with Gasteiger partial charge in [-0.2, -0.15) is 0 Å². The molecule has 0 aliphatic carbocycles. The Morgan fingerprint density at radius 2 is 1.74 bits per heavy atom. The zero-order valence-electron chi connectivity index (χ0n) is 10.5. The summed E-state index contributed by atoms with van der Waals surface area (Å²) >= 11 is 0. The molecule has 0 aliphatic rings. The summed E-state index contributed by atoms with van der Waals surface area (Å²) in [6.45, 7) is 1.98. The van der Waals surface area contributed by atoms with Gasteiger partial charge < -0.3 is 9.67 Å². The molecule has 0 spiro atoms. The third kappa shape index (κ3) is 1.80. The Kier molecular flexibility index (Phi) is 2.60. The fourth-order valence-electron chi connectivity index (χ4n) is 2.46. The van der Waals surface area contributed by atoms with Crippen LogP contribution in [0.3, 0.4) is 0 Å². The van der Waals surface area contributed by atoms with Crippen molar-refractivity contribution >= 4 is 16.9 Å². The molecule has 1 heterocycles. The molecule has 0 bridgehead atoms. The van der Waals surface area contributed by atoms with E-state index in [4.69, 9.17) is 0 Å². The van der Waals surface area contributed by atoms with Crippen LogP contribution in [0.4, 0.5) is 0 Å². The van der Waals surface area contributed by atoms with E-state index in [9.17, 15) is 9.90 Å². The topological polar surface area (TPSA) is 42.2 Å². The van der Waals surface area contributed by atoms with Crippen molar-refractivity contribution in [3.05, 3.63) is 65.9 Å². The molecule has 3 heteroatoms. The maximum absolute atomic E-state index is 11.4. The first-order valence-corrected chi connectivity index (χ1v) is 6.08. The predicted molar refractivity (Wildman–Crippen MR) is 75.0 cm³/mol. The van der Waals surface area contributed by atoms with Crippen molar-refractivity contribution < 1.29 is 9.90 Å². The summed E-state index contributed by atoms with van der Waals surface area (Å²) in [4.78, 5) is 11.4. The van der Waals surface area contributed by atoms with Gasteiger partial charge >= 0.3 is 5.97 Å². The van der Waals surface area contributed by atoms with Gasteiger partial charge in [-0.3, -0.25) is 0 Å². The molecule has 1 N–H and O–H groups in total. The van der Waals surface area contributed by atoms with Gasteiger partial charge in [0, 0.05) is 11.1 Å². The molecule has 0 saturated carbocycles. The number of carboxylic acids is 1. The van der Waals surface area contributed by atoms with E-state index in [1.165, 1.54) is 0 Å². The summed E-state index contributed by atoms with van der Waals surface area (Å²) < 4.78 is 1.98. The number of aromatic carboxylic acids is 1. The quantitative estimate of drug-likeness (QED) is 0.755. The van der Waals surface area contributed by atoms with Crippen LogP contribution in [0.2, 0.25) is 0 Å². The van der Waals surface area contributed by atoms with Gasteiger partial charge in [-0.15, -0.1) is 0 Å². The van der Waals surface area contributed by atoms with E-state index in [1.54, 1.807) is 12.1 Å². The Labute approximate surface area is 110 Å². The first-order chi connectivity index (χ1) is 9.18. The van der Waals surface area contributed by atoms with Gasteiger partial charge in [0.1, 0.15) is 0 Å². The smallest absolute Gasteiger partial charge is 0.337 e. The van der Waals surface area contributed by atoms with Crippen LogP contribution in [0.25, 0.3) is 16.6 Å². The minimum Gasteiger partial charge on any atom is -0.478 e. The second-order valence-electron chi connectivity index (χ2n) is 4.50. The van der Waals surface area contributed by atoms with Gasteiger partial charge in [0.2, 0.25) is 0 Å². The molecule has 19 heavy (non-hydrogen) atoms. The Balaban J connectivity index is 2.37. The van der Waals surface area contributed by atoms with Crippen molar-refractivity contribution in [3.63, 3.8) is 0 Å². The fourth-order valence-corrected chi connectivity index (χ4v) is 2.46. The Morgan fingerprint density at radius 1 is 1.05 bits per heavy atom. The number of aryl methyl sites for hydroxylation is 1. The average Bonchev–Trinajstić information content (AvgIpc) is 2.74. The number of benzene rings is 2. The molecule has 0 amide bonds. The first-order valence-electron chi connectivity index (χ1n) is 6.08. The molecular formula is C16H13NO2. The third-order valence-corrected chi connectivity index (χ3v) is 3.27. The van der Waals surface area contributed by atoms with Crippen LogP contribution >= 0.6 is 0 Å². The lowest BCUT2D eigenvalue weighted by molar-refractivity contribution is 0.0697. The van der Waals surface area contributed by atoms with Crippen molar-refractivity contribution in [1.82, 2.24) is 4.57 Å². The zero-order chi connectivity index (χ0) is 13.4. The molecule has 3 rings (SSSR count). The highest BCUT2D eigenvalue weighted by molar-refractivity contribution is 5.93. The maximum Gasteiger partial charge on any atom is 0.337 e. The van der Waals surface area contributed by atoms with Crippen molar-refractivity contribution in [3.8, 4) is 5.69 Å². The van der Waals surface area contributed by atoms with Crippen LogP contribution in [0, 0.1) is 6.92 Å². The Morgan fingerprint density at radius 3 is 2.53 bits per heavy atom. The summed E-state index contributed by atoms with van der Waals surface area (Å²) in [6.07, 6.45) is 0. The monoisotopic (exact) mass is 251 g/mol. The van der Waals surface area contributed by atoms with Gasteiger partial charge in [-0.05, 0) is 31.2 Å². The molecule has 3 nitrogen and oxygen atoms in total. The van der Waals surface area contributed by atoms with Crippen LogP contribution in [0.15, 0.2) is 54.6 Å². The SMILES string of the molecule is Cc1cc2ccccc2n1-c1ccccc1C(=O)O. The number of para-hydroxylation sites is 2. The van der Waals surface area contributed by atoms with E-state index in [0.29, 0.717) is 11.3 Å². The fraction of sp³-hybridized carbons (Fsp3) is 0.0625. The standard InChI is InChI=1S/C16H13NO2/c1-11-10-12-6-2-4-8-14(12)17(11)15-9-5-3-7-13(15)16(18)19/h2-10H,1H3,(H,18,19). The largest absolute Gasteiger partial charge is 0.478 e. The normalized spacial score (nSPS) is 10.8. The summed E-state index contributed by atoms with van der Waals surface area (Å²) in [5.41, 5.74) is 3.06. The lowest BCUT2D eigenvalue weighted by atomic mass is 10.1. The van der Waals surface area contributed by atoms with Gasteiger partial charge in [0.25, 0.3) is 0 Å². The van der Waals surface area contributed by atoms with E-state index >= 15 is 0 Å². The molecule has 0 atom stereocenters. The van der Waals surface area contributed by atoms with Crippen LogP contribution in [0.5, 0.6) is 0 Å². The van der Waals surface area contributed by atoms with E-state index < -0.39 is 5.97 Å². The highest BCUT2D eigenvalue weighted by Crippen LogP contribution is 2.25. The maximum atomic E-state index is 11.4. The highest BCUT2D eigenvalue weighted by atomic mass is 16.4. The average molecular weight is 251 g/mol. The molecule has 2 aromatic carbocycles. The van der Waals surface area contributed by atoms with Crippen molar-refractivity contribution in [2.75, 3.05) is 0 Å². The molecule has 94 valence electrons. The second kappa shape index (κ2) is 4.28. The minimum absolute atomic E-state index is 0.312. The summed E-state index contributed by atoms with van der Waals surface area (Å²) in [5.74, 6) is -0.909. The van der Waals surface area contributed by atoms with Crippen molar-refractivity contribution in [1.29, 1.82) is 0 Å². The molecule has 0 saturated heterocycles. The number of hydrogen-bond acceptors (Lipinski definition) is 1. The first kappa shape index (κ1) is 11.5. The van der Waals surface area contributed by atoms with Gasteiger partial charge in [-0.1, -0.05) is 30.3 Å². The summed E-state index contributed by atoms with van der Waals surface area (Å²) in [5, 5.41) is 10.4. The molecule has 0 unspecified atom stereocenters. The predicted octanol–water partition coefficient (Wildman–Crippen LogP) is 3.64. The molecule has 1 aromatic heterocycles. The minimum atomic E-state index is -0.909. The highest BCUT2D eigenvalue weighted by Gasteiger charge is 2.14. The van der Waals surface area contributed by atoms with E-state index in [-0.39, 0.29) is 0 Å². The van der Waals surface area contributed by atoms with Crippen LogP contribution in [0.1, 0.15) is 16.1 Å². The van der Waals surface area contributed by atoms with Gasteiger partial charge in [0.15, 0.2) is 0 Å². The van der Waals surface area contributed by atoms with Crippen molar-refractivity contribution in [2.24, 2.45) is 0 Å². The van der Waals surface area contributed by atoms with Crippen LogP contribution in [-0.4, -0.2) is 15.6 Å². The van der Waals surface area contributed by atoms with Crippen LogP contribution < -0.4 is 0 Å². The third-order valence-electron chi connectivity index (χ3n) is 3.27. The van der Waals surface area contributed by atoms with Crippen LogP contribution in [-0.2, 0) is 0 Å². The van der Waals surface area contributed by atoms with Crippen molar-refractivity contribution in [2.45, 2.75) is 6.92 Å².